The third kappa shape index (κ3) is 3.24. The van der Waals surface area contributed by atoms with Crippen LogP contribution < -0.4 is 0 Å². The predicted molar refractivity (Wildman–Crippen MR) is 88.6 cm³/mol. The maximum Gasteiger partial charge on any atom is 0.107 e. The summed E-state index contributed by atoms with van der Waals surface area (Å²) in [5.41, 5.74) is 1.28. The quantitative estimate of drug-likeness (QED) is 0.843. The Labute approximate surface area is 135 Å². The average Bonchev–Trinajstić information content (AvgIpc) is 3.23. The first-order valence-corrected chi connectivity index (χ1v) is 9.01. The first-order valence-electron chi connectivity index (χ1n) is 8.13. The van der Waals surface area contributed by atoms with Crippen LogP contribution in [-0.4, -0.2) is 29.1 Å². The van der Waals surface area contributed by atoms with Crippen LogP contribution in [0, 0.1) is 11.8 Å². The fraction of sp³-hybridized carbons (Fsp3) is 0.500. The van der Waals surface area contributed by atoms with Crippen LogP contribution in [0.4, 0.5) is 0 Å². The molecule has 116 valence electrons. The Bertz CT molecular complexity index is 572. The smallest absolute Gasteiger partial charge is 0.107 e. The first-order chi connectivity index (χ1) is 10.9. The van der Waals surface area contributed by atoms with Gasteiger partial charge in [-0.25, -0.2) is 4.98 Å². The number of rotatable bonds is 5. The van der Waals surface area contributed by atoms with E-state index >= 15 is 0 Å². The number of benzene rings is 1. The summed E-state index contributed by atoms with van der Waals surface area (Å²) in [6, 6.07) is 10.5. The van der Waals surface area contributed by atoms with Crippen molar-refractivity contribution in [3.05, 3.63) is 52.5 Å². The molecule has 1 aliphatic heterocycles. The van der Waals surface area contributed by atoms with Crippen LogP contribution in [-0.2, 0) is 17.9 Å². The number of aromatic nitrogens is 1. The van der Waals surface area contributed by atoms with Crippen molar-refractivity contribution in [2.75, 3.05) is 13.1 Å². The molecule has 1 unspecified atom stereocenters. The fourth-order valence-electron chi connectivity index (χ4n) is 3.92. The van der Waals surface area contributed by atoms with Gasteiger partial charge in [-0.15, -0.1) is 11.3 Å². The molecule has 1 saturated carbocycles. The van der Waals surface area contributed by atoms with Crippen molar-refractivity contribution >= 4 is 11.3 Å². The fourth-order valence-corrected chi connectivity index (χ4v) is 4.57. The van der Waals surface area contributed by atoms with Crippen LogP contribution in [0.1, 0.15) is 23.4 Å². The SMILES string of the molecule is c1ccc(COC2C[C@@H]3CN(Cc4nccs4)C[C@@H]3C2)cc1. The number of fused-ring (bicyclic) bond motifs is 1. The Kier molecular flexibility index (Phi) is 4.24. The molecule has 1 aliphatic carbocycles. The lowest BCUT2D eigenvalue weighted by Crippen LogP contribution is -2.23. The summed E-state index contributed by atoms with van der Waals surface area (Å²) >= 11 is 1.77. The van der Waals surface area contributed by atoms with E-state index in [-0.39, 0.29) is 0 Å². The highest BCUT2D eigenvalue weighted by Gasteiger charge is 2.41. The van der Waals surface area contributed by atoms with E-state index in [4.69, 9.17) is 4.74 Å². The van der Waals surface area contributed by atoms with Crippen molar-refractivity contribution in [3.8, 4) is 0 Å². The molecule has 1 saturated heterocycles. The lowest BCUT2D eigenvalue weighted by Gasteiger charge is -2.18. The first kappa shape index (κ1) is 14.4. The van der Waals surface area contributed by atoms with Gasteiger partial charge in [-0.3, -0.25) is 4.90 Å². The summed E-state index contributed by atoms with van der Waals surface area (Å²) in [4.78, 5) is 6.97. The largest absolute Gasteiger partial charge is 0.374 e. The maximum absolute atomic E-state index is 6.14. The van der Waals surface area contributed by atoms with Gasteiger partial charge in [0.1, 0.15) is 5.01 Å². The van der Waals surface area contributed by atoms with Gasteiger partial charge < -0.3 is 4.74 Å². The molecule has 2 aliphatic rings. The predicted octanol–water partition coefficient (Wildman–Crippen LogP) is 3.57. The Morgan fingerprint density at radius 1 is 1.14 bits per heavy atom. The number of ether oxygens (including phenoxy) is 1. The minimum absolute atomic E-state index is 0.456. The molecular weight excluding hydrogens is 292 g/mol. The van der Waals surface area contributed by atoms with Crippen LogP contribution >= 0.6 is 11.3 Å². The number of hydrogen-bond acceptors (Lipinski definition) is 4. The third-order valence-electron chi connectivity index (χ3n) is 4.95. The lowest BCUT2D eigenvalue weighted by atomic mass is 10.0. The molecule has 4 heteroatoms. The molecule has 0 radical (unpaired) electrons. The van der Waals surface area contributed by atoms with Gasteiger partial charge in [0.2, 0.25) is 0 Å². The molecule has 4 rings (SSSR count). The molecule has 2 aromatic rings. The number of likely N-dealkylation sites (tertiary alicyclic amines) is 1. The summed E-state index contributed by atoms with van der Waals surface area (Å²) in [6.45, 7) is 4.22. The van der Waals surface area contributed by atoms with Gasteiger partial charge >= 0.3 is 0 Å². The van der Waals surface area contributed by atoms with Gasteiger partial charge in [0.15, 0.2) is 0 Å². The second kappa shape index (κ2) is 6.49. The number of nitrogens with zero attached hydrogens (tertiary/aromatic N) is 2. The highest BCUT2D eigenvalue weighted by atomic mass is 32.1. The normalized spacial score (nSPS) is 28.1. The molecule has 0 N–H and O–H groups in total. The summed E-state index contributed by atoms with van der Waals surface area (Å²) in [5.74, 6) is 1.64. The Hall–Kier alpha value is -1.23. The van der Waals surface area contributed by atoms with Crippen molar-refractivity contribution in [2.45, 2.75) is 32.1 Å². The molecule has 1 aromatic carbocycles. The van der Waals surface area contributed by atoms with E-state index in [1.165, 1.54) is 36.5 Å². The zero-order valence-corrected chi connectivity index (χ0v) is 13.5. The maximum atomic E-state index is 6.14. The molecule has 1 aromatic heterocycles. The van der Waals surface area contributed by atoms with Gasteiger partial charge in [0.25, 0.3) is 0 Å². The highest BCUT2D eigenvalue weighted by molar-refractivity contribution is 7.09. The molecule has 0 amide bonds. The van der Waals surface area contributed by atoms with Crippen molar-refractivity contribution in [1.82, 2.24) is 9.88 Å². The van der Waals surface area contributed by atoms with Crippen molar-refractivity contribution in [3.63, 3.8) is 0 Å². The number of hydrogen-bond donors (Lipinski definition) is 0. The van der Waals surface area contributed by atoms with Crippen LogP contribution in [0.2, 0.25) is 0 Å². The summed E-state index contributed by atoms with van der Waals surface area (Å²) in [5, 5.41) is 3.32. The molecule has 0 bridgehead atoms. The van der Waals surface area contributed by atoms with E-state index in [0.717, 1.165) is 25.0 Å². The minimum Gasteiger partial charge on any atom is -0.374 e. The third-order valence-corrected chi connectivity index (χ3v) is 5.72. The lowest BCUT2D eigenvalue weighted by molar-refractivity contribution is 0.0374. The molecule has 22 heavy (non-hydrogen) atoms. The van der Waals surface area contributed by atoms with Gasteiger partial charge in [0.05, 0.1) is 19.3 Å². The summed E-state index contributed by atoms with van der Waals surface area (Å²) in [6.07, 6.45) is 4.82. The second-order valence-corrected chi connectivity index (χ2v) is 7.51. The van der Waals surface area contributed by atoms with E-state index in [2.05, 4.69) is 45.6 Å². The minimum atomic E-state index is 0.456. The van der Waals surface area contributed by atoms with E-state index in [1.54, 1.807) is 11.3 Å². The molecule has 3 nitrogen and oxygen atoms in total. The van der Waals surface area contributed by atoms with E-state index < -0.39 is 0 Å². The standard InChI is InChI=1S/C18H22N2OS/c1-2-4-14(5-3-1)13-21-17-8-15-10-20(11-16(15)9-17)12-18-19-6-7-22-18/h1-7,15-17H,8-13H2/t15-,16+,17?. The molecule has 2 fully saturated rings. The van der Waals surface area contributed by atoms with E-state index in [9.17, 15) is 0 Å². The highest BCUT2D eigenvalue weighted by Crippen LogP contribution is 2.40. The van der Waals surface area contributed by atoms with E-state index in [1.807, 2.05) is 6.20 Å². The molecule has 3 atom stereocenters. The average molecular weight is 314 g/mol. The molecular formula is C18H22N2OS. The van der Waals surface area contributed by atoms with Crippen molar-refractivity contribution < 1.29 is 4.74 Å². The molecule has 2 heterocycles. The summed E-state index contributed by atoms with van der Waals surface area (Å²) < 4.78 is 6.14. The number of thiazole rings is 1. The van der Waals surface area contributed by atoms with E-state index in [0.29, 0.717) is 6.10 Å². The van der Waals surface area contributed by atoms with Gasteiger partial charge in [-0.05, 0) is 30.2 Å². The van der Waals surface area contributed by atoms with Crippen LogP contribution in [0.25, 0.3) is 0 Å². The van der Waals surface area contributed by atoms with Crippen LogP contribution in [0.5, 0.6) is 0 Å². The molecule has 0 spiro atoms. The van der Waals surface area contributed by atoms with Crippen molar-refractivity contribution in [2.24, 2.45) is 11.8 Å². The zero-order valence-electron chi connectivity index (χ0n) is 12.7. The van der Waals surface area contributed by atoms with Crippen LogP contribution in [0.15, 0.2) is 41.9 Å². The Morgan fingerprint density at radius 2 is 1.91 bits per heavy atom. The second-order valence-electron chi connectivity index (χ2n) is 6.53. The van der Waals surface area contributed by atoms with Gasteiger partial charge in [-0.1, -0.05) is 30.3 Å². The van der Waals surface area contributed by atoms with Gasteiger partial charge in [0, 0.05) is 24.7 Å². The van der Waals surface area contributed by atoms with Crippen molar-refractivity contribution in [1.29, 1.82) is 0 Å². The van der Waals surface area contributed by atoms with Gasteiger partial charge in [-0.2, -0.15) is 0 Å². The zero-order chi connectivity index (χ0) is 14.8. The monoisotopic (exact) mass is 314 g/mol. The Balaban J connectivity index is 1.25. The Morgan fingerprint density at radius 3 is 2.59 bits per heavy atom. The summed E-state index contributed by atoms with van der Waals surface area (Å²) in [7, 11) is 0. The topological polar surface area (TPSA) is 25.4 Å². The van der Waals surface area contributed by atoms with Crippen LogP contribution in [0.3, 0.4) is 0 Å².